The van der Waals surface area contributed by atoms with E-state index in [4.69, 9.17) is 14.2 Å². The van der Waals surface area contributed by atoms with Gasteiger partial charge in [-0.1, -0.05) is 30.7 Å². The van der Waals surface area contributed by atoms with E-state index in [1.807, 2.05) is 48.0 Å². The number of nitrogens with zero attached hydrogens (tertiary/aromatic N) is 1. The maximum Gasteiger partial charge on any atom is 0.226 e. The van der Waals surface area contributed by atoms with Gasteiger partial charge >= 0.3 is 0 Å². The topological polar surface area (TPSA) is 144 Å². The molecule has 260 valence electrons. The lowest BCUT2D eigenvalue weighted by atomic mass is 9.95. The van der Waals surface area contributed by atoms with Crippen LogP contribution in [0.25, 0.3) is 33.3 Å². The predicted molar refractivity (Wildman–Crippen MR) is 198 cm³/mol. The van der Waals surface area contributed by atoms with Crippen LogP contribution in [0.15, 0.2) is 64.9 Å². The number of thiazole rings is 1. The Bertz CT molecular complexity index is 2090. The highest BCUT2D eigenvalue weighted by molar-refractivity contribution is 7.14. The minimum absolute atomic E-state index is 0.0742. The van der Waals surface area contributed by atoms with Crippen molar-refractivity contribution >= 4 is 44.9 Å². The molecule has 4 N–H and O–H groups in total. The number of methoxy groups -OCH3 is 3. The molecular weight excluding hydrogens is 655 g/mol. The van der Waals surface area contributed by atoms with Crippen molar-refractivity contribution in [3.05, 3.63) is 81.5 Å². The first kappa shape index (κ1) is 34.5. The molecule has 0 unspecified atom stereocenters. The SMILES string of the molecule is COc1cc2c(c(OC)c1OC)-c1ccc(NCCCCCC(=O)Nc3nc(-c4c[nH]c5ccccc45)cs3)c(=O)cc1[C@@H](NC(C)=O)CC2. The largest absolute Gasteiger partial charge is 0.493 e. The fourth-order valence-corrected chi connectivity index (χ4v) is 7.31. The number of aromatic amines is 1. The first-order valence-corrected chi connectivity index (χ1v) is 17.5. The van der Waals surface area contributed by atoms with Crippen molar-refractivity contribution in [3.8, 4) is 39.6 Å². The van der Waals surface area contributed by atoms with Crippen LogP contribution in [0.4, 0.5) is 10.8 Å². The lowest BCUT2D eigenvalue weighted by Crippen LogP contribution is -2.26. The molecule has 0 bridgehead atoms. The van der Waals surface area contributed by atoms with Crippen molar-refractivity contribution in [1.82, 2.24) is 15.3 Å². The number of hydrogen-bond acceptors (Lipinski definition) is 9. The molecule has 0 fully saturated rings. The van der Waals surface area contributed by atoms with Crippen molar-refractivity contribution in [3.63, 3.8) is 0 Å². The zero-order valence-corrected chi connectivity index (χ0v) is 29.4. The first-order valence-electron chi connectivity index (χ1n) is 16.6. The van der Waals surface area contributed by atoms with Crippen molar-refractivity contribution in [2.75, 3.05) is 38.5 Å². The number of anilines is 2. The van der Waals surface area contributed by atoms with Gasteiger partial charge in [0.05, 0.1) is 38.8 Å². The molecule has 11 nitrogen and oxygen atoms in total. The molecule has 5 aromatic rings. The Hall–Kier alpha value is -5.36. The molecule has 0 saturated heterocycles. The summed E-state index contributed by atoms with van der Waals surface area (Å²) in [5, 5.41) is 12.9. The number of nitrogens with one attached hydrogen (secondary N) is 4. The summed E-state index contributed by atoms with van der Waals surface area (Å²) in [6.45, 7) is 2.04. The Balaban J connectivity index is 1.09. The van der Waals surface area contributed by atoms with E-state index >= 15 is 0 Å². The van der Waals surface area contributed by atoms with Crippen molar-refractivity contribution < 1.29 is 23.8 Å². The van der Waals surface area contributed by atoms with Gasteiger partial charge in [0.15, 0.2) is 16.6 Å². The van der Waals surface area contributed by atoms with E-state index in [1.165, 1.54) is 18.3 Å². The lowest BCUT2D eigenvalue weighted by molar-refractivity contribution is -0.119. The van der Waals surface area contributed by atoms with Crippen molar-refractivity contribution in [1.29, 1.82) is 0 Å². The number of amides is 2. The summed E-state index contributed by atoms with van der Waals surface area (Å²) in [7, 11) is 4.71. The number of ether oxygens (including phenoxy) is 3. The van der Waals surface area contributed by atoms with E-state index in [-0.39, 0.29) is 23.3 Å². The third-order valence-electron chi connectivity index (χ3n) is 8.93. The quantitative estimate of drug-likeness (QED) is 0.0958. The van der Waals surface area contributed by atoms with Crippen LogP contribution >= 0.6 is 11.3 Å². The third kappa shape index (κ3) is 7.30. The van der Waals surface area contributed by atoms with Gasteiger partial charge in [-0.2, -0.15) is 0 Å². The Labute approximate surface area is 294 Å². The van der Waals surface area contributed by atoms with E-state index in [9.17, 15) is 14.4 Å². The molecule has 12 heteroatoms. The number of benzene rings is 2. The van der Waals surface area contributed by atoms with Gasteiger partial charge in [0.1, 0.15) is 0 Å². The van der Waals surface area contributed by atoms with E-state index in [0.29, 0.717) is 65.9 Å². The summed E-state index contributed by atoms with van der Waals surface area (Å²) in [4.78, 5) is 46.3. The molecule has 1 aliphatic carbocycles. The van der Waals surface area contributed by atoms with Crippen LogP contribution < -0.4 is 35.6 Å². The second-order valence-corrected chi connectivity index (χ2v) is 13.0. The van der Waals surface area contributed by atoms with Crippen LogP contribution in [-0.4, -0.2) is 49.7 Å². The standard InChI is InChI=1S/C38H41N5O6S/c1-22(44)41-29-15-13-23-18-33(47-2)36(48-3)37(49-4)35(23)25-14-16-30(32(45)19-26(25)29)39-17-9-5-6-12-34(46)43-38-42-31(21-50-38)27-20-40-28-11-8-7-10-24(27)28/h7-8,10-11,14,16,18-21,29,40H,5-6,9,12-13,15,17H2,1-4H3,(H,39,45)(H,41,44)(H,42,43,46)/t29-/m0/s1. The van der Waals surface area contributed by atoms with E-state index in [0.717, 1.165) is 51.7 Å². The summed E-state index contributed by atoms with van der Waals surface area (Å²) < 4.78 is 17.1. The van der Waals surface area contributed by atoms with Crippen molar-refractivity contribution in [2.24, 2.45) is 0 Å². The normalized spacial score (nSPS) is 13.5. The summed E-state index contributed by atoms with van der Waals surface area (Å²) in [5.74, 6) is 1.26. The number of aromatic nitrogens is 2. The molecule has 2 amide bonds. The molecule has 50 heavy (non-hydrogen) atoms. The van der Waals surface area contributed by atoms with Crippen LogP contribution in [0.2, 0.25) is 0 Å². The Morgan fingerprint density at radius 1 is 0.980 bits per heavy atom. The maximum absolute atomic E-state index is 13.5. The molecular formula is C38H41N5O6S. The number of rotatable bonds is 13. The fraction of sp³-hybridized carbons (Fsp3) is 0.316. The van der Waals surface area contributed by atoms with Crippen LogP contribution in [0.5, 0.6) is 17.2 Å². The highest BCUT2D eigenvalue weighted by Crippen LogP contribution is 2.50. The van der Waals surface area contributed by atoms with Crippen molar-refractivity contribution in [2.45, 2.75) is 51.5 Å². The molecule has 0 radical (unpaired) electrons. The highest BCUT2D eigenvalue weighted by Gasteiger charge is 2.29. The van der Waals surface area contributed by atoms with E-state index in [1.54, 1.807) is 33.5 Å². The third-order valence-corrected chi connectivity index (χ3v) is 9.69. The van der Waals surface area contributed by atoms with Crippen LogP contribution in [0.3, 0.4) is 0 Å². The molecule has 2 aromatic heterocycles. The smallest absolute Gasteiger partial charge is 0.226 e. The molecule has 0 spiro atoms. The van der Waals surface area contributed by atoms with Gasteiger partial charge in [0.2, 0.25) is 23.0 Å². The van der Waals surface area contributed by atoms with Gasteiger partial charge < -0.3 is 35.1 Å². The molecule has 0 saturated carbocycles. The van der Waals surface area contributed by atoms with Gasteiger partial charge in [0, 0.05) is 53.5 Å². The molecule has 3 aromatic carbocycles. The number of hydrogen-bond donors (Lipinski definition) is 4. The average molecular weight is 696 g/mol. The van der Waals surface area contributed by atoms with Crippen LogP contribution in [-0.2, 0) is 16.0 Å². The highest BCUT2D eigenvalue weighted by atomic mass is 32.1. The summed E-state index contributed by atoms with van der Waals surface area (Å²) >= 11 is 1.41. The monoisotopic (exact) mass is 695 g/mol. The maximum atomic E-state index is 13.5. The number of unbranched alkanes of at least 4 members (excludes halogenated alkanes) is 2. The number of H-pyrrole nitrogens is 1. The summed E-state index contributed by atoms with van der Waals surface area (Å²) in [6, 6.07) is 14.9. The lowest BCUT2D eigenvalue weighted by Gasteiger charge is -2.19. The molecule has 1 atom stereocenters. The number of carbonyl (C=O) groups is 2. The molecule has 1 aliphatic rings. The zero-order valence-electron chi connectivity index (χ0n) is 28.6. The molecule has 0 aliphatic heterocycles. The summed E-state index contributed by atoms with van der Waals surface area (Å²) in [6.07, 6.45) is 5.81. The minimum atomic E-state index is -0.375. The zero-order chi connectivity index (χ0) is 35.2. The fourth-order valence-electron chi connectivity index (χ4n) is 6.58. The summed E-state index contributed by atoms with van der Waals surface area (Å²) in [5.41, 5.74) is 6.41. The molecule has 6 rings (SSSR count). The number of aryl methyl sites for hydroxylation is 1. The van der Waals surface area contributed by atoms with E-state index < -0.39 is 0 Å². The van der Waals surface area contributed by atoms with E-state index in [2.05, 4.69) is 25.9 Å². The molecule has 2 heterocycles. The Kier molecular flexibility index (Phi) is 10.7. The van der Waals surface area contributed by atoms with Crippen LogP contribution in [0, 0.1) is 0 Å². The number of carbonyl (C=O) groups excluding carboxylic acids is 2. The van der Waals surface area contributed by atoms with Gasteiger partial charge in [-0.25, -0.2) is 4.98 Å². The number of fused-ring (bicyclic) bond motifs is 4. The minimum Gasteiger partial charge on any atom is -0.493 e. The second kappa shape index (κ2) is 15.5. The van der Waals surface area contributed by atoms with Gasteiger partial charge in [-0.3, -0.25) is 14.4 Å². The van der Waals surface area contributed by atoms with Gasteiger partial charge in [-0.15, -0.1) is 11.3 Å². The average Bonchev–Trinajstić information content (AvgIpc) is 3.68. The number of para-hydroxylation sites is 1. The Morgan fingerprint density at radius 2 is 1.80 bits per heavy atom. The second-order valence-electron chi connectivity index (χ2n) is 12.2. The Morgan fingerprint density at radius 3 is 2.58 bits per heavy atom. The predicted octanol–water partition coefficient (Wildman–Crippen LogP) is 7.08. The first-order chi connectivity index (χ1) is 24.3. The van der Waals surface area contributed by atoms with Crippen LogP contribution in [0.1, 0.15) is 56.2 Å². The van der Waals surface area contributed by atoms with Gasteiger partial charge in [-0.05, 0) is 66.6 Å². The van der Waals surface area contributed by atoms with Gasteiger partial charge in [0.25, 0.3) is 0 Å².